The number of carbonyl (C=O) groups is 1. The Kier molecular flexibility index (Phi) is 4.60. The summed E-state index contributed by atoms with van der Waals surface area (Å²) in [4.78, 5) is 17.2. The van der Waals surface area contributed by atoms with Crippen molar-refractivity contribution in [3.05, 3.63) is 70.7 Å². The summed E-state index contributed by atoms with van der Waals surface area (Å²) in [7, 11) is 3.55. The summed E-state index contributed by atoms with van der Waals surface area (Å²) in [5.41, 5.74) is 4.13. The lowest BCUT2D eigenvalue weighted by molar-refractivity contribution is -0.127. The predicted octanol–water partition coefficient (Wildman–Crippen LogP) is 3.66. The average molecular weight is 366 g/mol. The van der Waals surface area contributed by atoms with Gasteiger partial charge < -0.3 is 14.5 Å². The smallest absolute Gasteiger partial charge is 0.270 e. The van der Waals surface area contributed by atoms with Crippen molar-refractivity contribution in [3.8, 4) is 5.75 Å². The molecule has 0 saturated carbocycles. The number of amides is 1. The molecule has 0 aromatic heterocycles. The number of benzene rings is 2. The largest absolute Gasteiger partial charge is 0.497 e. The normalized spacial score (nSPS) is 16.6. The summed E-state index contributed by atoms with van der Waals surface area (Å²) in [5.74, 6) is 0.425. The Hall–Kier alpha value is -2.82. The molecule has 1 fully saturated rings. The minimum Gasteiger partial charge on any atom is -0.497 e. The third-order valence-corrected chi connectivity index (χ3v) is 5.32. The van der Waals surface area contributed by atoms with Crippen LogP contribution >= 0.6 is 0 Å². The number of likely N-dealkylation sites (tertiary alicyclic amines) is 1. The van der Waals surface area contributed by atoms with Crippen molar-refractivity contribution in [1.29, 1.82) is 0 Å². The Morgan fingerprint density at radius 3 is 2.59 bits per heavy atom. The topological polar surface area (TPSA) is 32.8 Å². The molecule has 2 aliphatic rings. The van der Waals surface area contributed by atoms with Crippen LogP contribution in [0, 0.1) is 5.82 Å². The van der Waals surface area contributed by atoms with Crippen molar-refractivity contribution in [2.45, 2.75) is 19.4 Å². The minimum absolute atomic E-state index is 0.0164. The van der Waals surface area contributed by atoms with Gasteiger partial charge in [-0.1, -0.05) is 18.2 Å². The number of methoxy groups -OCH3 is 1. The fourth-order valence-electron chi connectivity index (χ4n) is 3.98. The Morgan fingerprint density at radius 2 is 1.89 bits per heavy atom. The third kappa shape index (κ3) is 3.18. The highest BCUT2D eigenvalue weighted by atomic mass is 19.1. The minimum atomic E-state index is -0.314. The van der Waals surface area contributed by atoms with Gasteiger partial charge in [-0.05, 0) is 53.8 Å². The maximum absolute atomic E-state index is 14.0. The summed E-state index contributed by atoms with van der Waals surface area (Å²) in [5, 5.41) is 0. The van der Waals surface area contributed by atoms with Gasteiger partial charge in [-0.3, -0.25) is 4.79 Å². The molecule has 0 atom stereocenters. The van der Waals surface area contributed by atoms with Crippen molar-refractivity contribution < 1.29 is 13.9 Å². The molecule has 1 amide bonds. The molecule has 2 aromatic carbocycles. The quantitative estimate of drug-likeness (QED) is 0.831. The summed E-state index contributed by atoms with van der Waals surface area (Å²) in [6, 6.07) is 12.3. The molecular weight excluding hydrogens is 343 g/mol. The average Bonchev–Trinajstić information content (AvgIpc) is 3.21. The number of hydrogen-bond acceptors (Lipinski definition) is 3. The molecule has 1 saturated heterocycles. The number of nitrogens with zero attached hydrogens (tertiary/aromatic N) is 2. The van der Waals surface area contributed by atoms with E-state index in [9.17, 15) is 9.18 Å². The van der Waals surface area contributed by atoms with Gasteiger partial charge in [0, 0.05) is 32.3 Å². The molecule has 0 spiro atoms. The molecule has 2 aliphatic heterocycles. The summed E-state index contributed by atoms with van der Waals surface area (Å²) in [6.07, 6.45) is 2.06. The molecule has 140 valence electrons. The van der Waals surface area contributed by atoms with Gasteiger partial charge in [0.1, 0.15) is 17.3 Å². The van der Waals surface area contributed by atoms with E-state index in [4.69, 9.17) is 4.74 Å². The Labute approximate surface area is 158 Å². The standard InChI is InChI=1S/C22H23FN2O2/c1-24-14-16-8-9-18(27-2)13-19(16)20(15-6-5-7-17(23)12-15)21(24)22(26)25-10-3-4-11-25/h5-9,12-13H,3-4,10-11,14H2,1-2H3. The van der Waals surface area contributed by atoms with Crippen LogP contribution in [0.4, 0.5) is 4.39 Å². The second-order valence-electron chi connectivity index (χ2n) is 7.11. The van der Waals surface area contributed by atoms with E-state index in [1.54, 1.807) is 13.2 Å². The van der Waals surface area contributed by atoms with Crippen LogP contribution in [0.1, 0.15) is 29.5 Å². The van der Waals surface area contributed by atoms with Crippen LogP contribution in [0.25, 0.3) is 5.57 Å². The molecule has 0 unspecified atom stereocenters. The summed E-state index contributed by atoms with van der Waals surface area (Å²) < 4.78 is 19.4. The maximum Gasteiger partial charge on any atom is 0.270 e. The van der Waals surface area contributed by atoms with E-state index in [1.165, 1.54) is 12.1 Å². The van der Waals surface area contributed by atoms with E-state index in [0.717, 1.165) is 48.4 Å². The summed E-state index contributed by atoms with van der Waals surface area (Å²) >= 11 is 0. The van der Waals surface area contributed by atoms with Gasteiger partial charge in [-0.2, -0.15) is 0 Å². The Morgan fingerprint density at radius 1 is 1.11 bits per heavy atom. The monoisotopic (exact) mass is 366 g/mol. The first-order valence-corrected chi connectivity index (χ1v) is 9.26. The Bertz CT molecular complexity index is 916. The van der Waals surface area contributed by atoms with Gasteiger partial charge in [0.05, 0.1) is 7.11 Å². The molecule has 2 aromatic rings. The first-order chi connectivity index (χ1) is 13.1. The van der Waals surface area contributed by atoms with Crippen molar-refractivity contribution in [2.24, 2.45) is 0 Å². The van der Waals surface area contributed by atoms with Gasteiger partial charge in [-0.25, -0.2) is 4.39 Å². The first-order valence-electron chi connectivity index (χ1n) is 9.26. The maximum atomic E-state index is 14.0. The molecule has 2 heterocycles. The highest BCUT2D eigenvalue weighted by molar-refractivity contribution is 6.05. The summed E-state index contributed by atoms with van der Waals surface area (Å²) in [6.45, 7) is 2.18. The van der Waals surface area contributed by atoms with Crippen molar-refractivity contribution in [3.63, 3.8) is 0 Å². The lowest BCUT2D eigenvalue weighted by atomic mass is 9.88. The van der Waals surface area contributed by atoms with Gasteiger partial charge in [0.25, 0.3) is 5.91 Å². The molecule has 4 rings (SSSR count). The van der Waals surface area contributed by atoms with Gasteiger partial charge in [-0.15, -0.1) is 0 Å². The highest BCUT2D eigenvalue weighted by Gasteiger charge is 2.32. The molecule has 0 aliphatic carbocycles. The molecular formula is C22H23FN2O2. The van der Waals surface area contributed by atoms with Crippen molar-refractivity contribution >= 4 is 11.5 Å². The van der Waals surface area contributed by atoms with Crippen LogP contribution in [0.3, 0.4) is 0 Å². The van der Waals surface area contributed by atoms with Crippen LogP contribution < -0.4 is 4.74 Å². The molecule has 0 N–H and O–H groups in total. The second kappa shape index (κ2) is 7.06. The zero-order valence-electron chi connectivity index (χ0n) is 15.7. The van der Waals surface area contributed by atoms with Crippen molar-refractivity contribution in [2.75, 3.05) is 27.2 Å². The Balaban J connectivity index is 1.95. The number of likely N-dealkylation sites (N-methyl/N-ethyl adjacent to an activating group) is 1. The zero-order valence-corrected chi connectivity index (χ0v) is 15.7. The molecule has 0 bridgehead atoms. The number of hydrogen-bond donors (Lipinski definition) is 0. The third-order valence-electron chi connectivity index (χ3n) is 5.32. The fraction of sp³-hybridized carbons (Fsp3) is 0.318. The van der Waals surface area contributed by atoms with Crippen LogP contribution in [0.5, 0.6) is 5.75 Å². The van der Waals surface area contributed by atoms with Gasteiger partial charge in [0.15, 0.2) is 0 Å². The van der Waals surface area contributed by atoms with Crippen LogP contribution in [0.15, 0.2) is 48.2 Å². The molecule has 5 heteroatoms. The van der Waals surface area contributed by atoms with E-state index in [2.05, 4.69) is 0 Å². The van der Waals surface area contributed by atoms with Gasteiger partial charge >= 0.3 is 0 Å². The van der Waals surface area contributed by atoms with E-state index >= 15 is 0 Å². The molecule has 27 heavy (non-hydrogen) atoms. The van der Waals surface area contributed by atoms with E-state index in [-0.39, 0.29) is 11.7 Å². The van der Waals surface area contributed by atoms with Crippen LogP contribution in [-0.4, -0.2) is 43.0 Å². The van der Waals surface area contributed by atoms with E-state index in [0.29, 0.717) is 17.8 Å². The molecule has 4 nitrogen and oxygen atoms in total. The lowest BCUT2D eigenvalue weighted by Crippen LogP contribution is -2.38. The predicted molar refractivity (Wildman–Crippen MR) is 103 cm³/mol. The fourth-order valence-corrected chi connectivity index (χ4v) is 3.98. The highest BCUT2D eigenvalue weighted by Crippen LogP contribution is 2.38. The van der Waals surface area contributed by atoms with Crippen molar-refractivity contribution in [1.82, 2.24) is 9.80 Å². The van der Waals surface area contributed by atoms with Crippen LogP contribution in [-0.2, 0) is 11.3 Å². The number of carbonyl (C=O) groups excluding carboxylic acids is 1. The van der Waals surface area contributed by atoms with E-state index in [1.807, 2.05) is 41.1 Å². The van der Waals surface area contributed by atoms with E-state index < -0.39 is 0 Å². The van der Waals surface area contributed by atoms with Gasteiger partial charge in [0.2, 0.25) is 0 Å². The number of fused-ring (bicyclic) bond motifs is 1. The molecule has 0 radical (unpaired) electrons. The SMILES string of the molecule is COc1ccc2c(c1)C(c1cccc(F)c1)=C(C(=O)N1CCCC1)N(C)C2. The first kappa shape index (κ1) is 17.6. The number of halogens is 1. The lowest BCUT2D eigenvalue weighted by Gasteiger charge is -2.34. The van der Waals surface area contributed by atoms with Crippen LogP contribution in [0.2, 0.25) is 0 Å². The second-order valence-corrected chi connectivity index (χ2v) is 7.11. The number of ether oxygens (including phenoxy) is 1. The number of rotatable bonds is 3. The zero-order chi connectivity index (χ0) is 19.0.